The van der Waals surface area contributed by atoms with Crippen molar-refractivity contribution in [1.82, 2.24) is 9.80 Å². The summed E-state index contributed by atoms with van der Waals surface area (Å²) in [5.41, 5.74) is 3.34. The highest BCUT2D eigenvalue weighted by atomic mass is 35.5. The molecule has 21 heavy (non-hydrogen) atoms. The molecule has 2 aliphatic rings. The van der Waals surface area contributed by atoms with E-state index in [0.717, 1.165) is 29.5 Å². The molecule has 0 spiro atoms. The fourth-order valence-electron chi connectivity index (χ4n) is 2.98. The van der Waals surface area contributed by atoms with Gasteiger partial charge in [-0.1, -0.05) is 35.3 Å². The van der Waals surface area contributed by atoms with Gasteiger partial charge in [0.25, 0.3) is 0 Å². The molecule has 0 radical (unpaired) electrons. The molecule has 1 aromatic carbocycles. The Labute approximate surface area is 135 Å². The van der Waals surface area contributed by atoms with Crippen molar-refractivity contribution in [2.45, 2.75) is 31.9 Å². The number of rotatable bonds is 0. The first-order chi connectivity index (χ1) is 9.99. The van der Waals surface area contributed by atoms with Crippen LogP contribution in [0.25, 0.3) is 0 Å². The van der Waals surface area contributed by atoms with Crippen molar-refractivity contribution in [2.24, 2.45) is 4.99 Å². The van der Waals surface area contributed by atoms with Crippen LogP contribution in [0.4, 0.5) is 0 Å². The number of amidine groups is 1. The number of aliphatic imine (C=N–C) groups is 1. The maximum atomic E-state index is 6.32. The van der Waals surface area contributed by atoms with Crippen molar-refractivity contribution in [3.05, 3.63) is 46.1 Å². The predicted molar refractivity (Wildman–Crippen MR) is 88.9 cm³/mol. The standard InChI is InChI=1S/C16H19Cl2N3/c1-10-9-15(19-16(18)20(10)3)21-8-7-13-12(11(21)2)5-4-6-14(13)17/h4-6,9,11,16H,7-8H2,1-3H3. The summed E-state index contributed by atoms with van der Waals surface area (Å²) >= 11 is 12.6. The highest BCUT2D eigenvalue weighted by Crippen LogP contribution is 2.34. The molecule has 0 bridgehead atoms. The Kier molecular flexibility index (Phi) is 3.89. The Morgan fingerprint density at radius 3 is 2.81 bits per heavy atom. The number of alkyl halides is 1. The lowest BCUT2D eigenvalue weighted by Gasteiger charge is -2.39. The van der Waals surface area contributed by atoms with Crippen LogP contribution in [0.1, 0.15) is 31.0 Å². The van der Waals surface area contributed by atoms with Crippen molar-refractivity contribution >= 4 is 29.0 Å². The molecule has 3 nitrogen and oxygen atoms in total. The molecule has 0 N–H and O–H groups in total. The van der Waals surface area contributed by atoms with Gasteiger partial charge in [0.2, 0.25) is 0 Å². The number of benzene rings is 1. The van der Waals surface area contributed by atoms with Gasteiger partial charge in [-0.15, -0.1) is 0 Å². The first kappa shape index (κ1) is 14.7. The summed E-state index contributed by atoms with van der Waals surface area (Å²) in [7, 11) is 1.96. The lowest BCUT2D eigenvalue weighted by molar-refractivity contribution is 0.307. The third-order valence-electron chi connectivity index (χ3n) is 4.42. The van der Waals surface area contributed by atoms with Gasteiger partial charge in [0.05, 0.1) is 6.04 Å². The van der Waals surface area contributed by atoms with Gasteiger partial charge in [0, 0.05) is 24.3 Å². The summed E-state index contributed by atoms with van der Waals surface area (Å²) < 4.78 is 0. The molecule has 0 fully saturated rings. The molecule has 0 amide bonds. The number of halogens is 2. The average Bonchev–Trinajstić information content (AvgIpc) is 2.45. The molecule has 0 aliphatic carbocycles. The minimum absolute atomic E-state index is 0.252. The quantitative estimate of drug-likeness (QED) is 0.530. The Hall–Kier alpha value is -1.19. The molecule has 0 saturated carbocycles. The summed E-state index contributed by atoms with van der Waals surface area (Å²) in [5, 5.41) is 0.867. The van der Waals surface area contributed by atoms with Gasteiger partial charge in [-0.25, -0.2) is 4.99 Å². The van der Waals surface area contributed by atoms with Crippen molar-refractivity contribution in [3.8, 4) is 0 Å². The third-order valence-corrected chi connectivity index (χ3v) is 5.17. The van der Waals surface area contributed by atoms with E-state index in [0.29, 0.717) is 0 Å². The van der Waals surface area contributed by atoms with Crippen LogP contribution >= 0.6 is 23.2 Å². The lowest BCUT2D eigenvalue weighted by Crippen LogP contribution is -2.41. The smallest absolute Gasteiger partial charge is 0.199 e. The molecule has 2 atom stereocenters. The van der Waals surface area contributed by atoms with E-state index < -0.39 is 0 Å². The Morgan fingerprint density at radius 2 is 2.10 bits per heavy atom. The Balaban J connectivity index is 1.94. The molecule has 112 valence electrons. The largest absolute Gasteiger partial charge is 0.350 e. The van der Waals surface area contributed by atoms with Gasteiger partial charge in [-0.2, -0.15) is 0 Å². The van der Waals surface area contributed by atoms with Gasteiger partial charge in [-0.05, 0) is 43.5 Å². The van der Waals surface area contributed by atoms with Crippen LogP contribution in [-0.4, -0.2) is 34.9 Å². The number of hydrogen-bond donors (Lipinski definition) is 0. The second-order valence-electron chi connectivity index (χ2n) is 5.62. The van der Waals surface area contributed by atoms with E-state index in [1.54, 1.807) is 0 Å². The van der Waals surface area contributed by atoms with E-state index in [1.165, 1.54) is 11.1 Å². The molecule has 2 heterocycles. The molecule has 2 aliphatic heterocycles. The van der Waals surface area contributed by atoms with E-state index in [9.17, 15) is 0 Å². The summed E-state index contributed by atoms with van der Waals surface area (Å²) in [6, 6.07) is 6.39. The number of allylic oxidation sites excluding steroid dienone is 1. The van der Waals surface area contributed by atoms with Crippen LogP contribution in [-0.2, 0) is 6.42 Å². The first-order valence-electron chi connectivity index (χ1n) is 7.16. The molecule has 0 aromatic heterocycles. The first-order valence-corrected chi connectivity index (χ1v) is 7.97. The van der Waals surface area contributed by atoms with Gasteiger partial charge in [0.15, 0.2) is 5.62 Å². The molecular formula is C16H19Cl2N3. The molecular weight excluding hydrogens is 305 g/mol. The average molecular weight is 324 g/mol. The SMILES string of the molecule is CC1=CC(N2CCc3c(Cl)cccc3C2C)=NC(Cl)N1C. The predicted octanol–water partition coefficient (Wildman–Crippen LogP) is 4.03. The van der Waals surface area contributed by atoms with Gasteiger partial charge >= 0.3 is 0 Å². The van der Waals surface area contributed by atoms with Crippen molar-refractivity contribution in [2.75, 3.05) is 13.6 Å². The van der Waals surface area contributed by atoms with Crippen molar-refractivity contribution in [1.29, 1.82) is 0 Å². The van der Waals surface area contributed by atoms with E-state index >= 15 is 0 Å². The Morgan fingerprint density at radius 1 is 1.33 bits per heavy atom. The lowest BCUT2D eigenvalue weighted by atomic mass is 9.93. The second-order valence-corrected chi connectivity index (χ2v) is 6.42. The number of hydrogen-bond acceptors (Lipinski definition) is 3. The van der Waals surface area contributed by atoms with Gasteiger partial charge in [0.1, 0.15) is 5.84 Å². The zero-order valence-electron chi connectivity index (χ0n) is 12.5. The number of nitrogens with zero attached hydrogens (tertiary/aromatic N) is 3. The highest BCUT2D eigenvalue weighted by Gasteiger charge is 2.29. The van der Waals surface area contributed by atoms with E-state index in [2.05, 4.69) is 35.9 Å². The summed E-state index contributed by atoms with van der Waals surface area (Å²) in [6.45, 7) is 5.17. The number of fused-ring (bicyclic) bond motifs is 1. The maximum absolute atomic E-state index is 6.32. The topological polar surface area (TPSA) is 18.8 Å². The van der Waals surface area contributed by atoms with E-state index in [-0.39, 0.29) is 11.7 Å². The van der Waals surface area contributed by atoms with Crippen LogP contribution in [0.3, 0.4) is 0 Å². The van der Waals surface area contributed by atoms with Gasteiger partial charge in [-0.3, -0.25) is 0 Å². The van der Waals surface area contributed by atoms with E-state index in [1.807, 2.05) is 24.1 Å². The summed E-state index contributed by atoms with van der Waals surface area (Å²) in [5.74, 6) is 0.962. The summed E-state index contributed by atoms with van der Waals surface area (Å²) in [4.78, 5) is 8.88. The molecule has 3 rings (SSSR count). The van der Waals surface area contributed by atoms with Crippen molar-refractivity contribution in [3.63, 3.8) is 0 Å². The molecule has 5 heteroatoms. The van der Waals surface area contributed by atoms with Gasteiger partial charge < -0.3 is 9.80 Å². The molecule has 1 aromatic rings. The summed E-state index contributed by atoms with van der Waals surface area (Å²) in [6.07, 6.45) is 3.04. The second kappa shape index (κ2) is 5.54. The third kappa shape index (κ3) is 2.53. The minimum atomic E-state index is -0.335. The van der Waals surface area contributed by atoms with Crippen LogP contribution in [0.5, 0.6) is 0 Å². The zero-order chi connectivity index (χ0) is 15.1. The van der Waals surface area contributed by atoms with Crippen LogP contribution < -0.4 is 0 Å². The van der Waals surface area contributed by atoms with E-state index in [4.69, 9.17) is 23.2 Å². The van der Waals surface area contributed by atoms with Crippen molar-refractivity contribution < 1.29 is 0 Å². The van der Waals surface area contributed by atoms with Crippen LogP contribution in [0.2, 0.25) is 5.02 Å². The Bertz CT molecular complexity index is 624. The monoisotopic (exact) mass is 323 g/mol. The molecule has 0 saturated heterocycles. The zero-order valence-corrected chi connectivity index (χ0v) is 14.0. The minimum Gasteiger partial charge on any atom is -0.350 e. The maximum Gasteiger partial charge on any atom is 0.199 e. The fourth-order valence-corrected chi connectivity index (χ4v) is 3.51. The van der Waals surface area contributed by atoms with Crippen LogP contribution in [0.15, 0.2) is 35.0 Å². The highest BCUT2D eigenvalue weighted by molar-refractivity contribution is 6.31. The molecule has 2 unspecified atom stereocenters. The normalized spacial score (nSPS) is 25.4. The fraction of sp³-hybridized carbons (Fsp3) is 0.438. The van der Waals surface area contributed by atoms with Crippen LogP contribution in [0, 0.1) is 0 Å².